The SMILES string of the molecule is CC1(OC(F)(F)CF)COC1. The molecule has 1 aliphatic heterocycles. The van der Waals surface area contributed by atoms with E-state index >= 15 is 0 Å². The fraction of sp³-hybridized carbons (Fsp3) is 1.00. The summed E-state index contributed by atoms with van der Waals surface area (Å²) in [5.74, 6) is 0. The van der Waals surface area contributed by atoms with Gasteiger partial charge < -0.3 is 9.47 Å². The summed E-state index contributed by atoms with van der Waals surface area (Å²) in [5.41, 5.74) is -1.00. The highest BCUT2D eigenvalue weighted by atomic mass is 19.3. The Morgan fingerprint density at radius 1 is 1.55 bits per heavy atom. The lowest BCUT2D eigenvalue weighted by Gasteiger charge is -2.39. The van der Waals surface area contributed by atoms with Crippen molar-refractivity contribution in [1.29, 1.82) is 0 Å². The second kappa shape index (κ2) is 2.64. The van der Waals surface area contributed by atoms with Crippen molar-refractivity contribution in [3.8, 4) is 0 Å². The molecular weight excluding hydrogens is 161 g/mol. The van der Waals surface area contributed by atoms with Crippen LogP contribution in [0.25, 0.3) is 0 Å². The summed E-state index contributed by atoms with van der Waals surface area (Å²) in [5, 5.41) is 0. The molecule has 11 heavy (non-hydrogen) atoms. The molecule has 5 heteroatoms. The van der Waals surface area contributed by atoms with Crippen LogP contribution in [0.2, 0.25) is 0 Å². The van der Waals surface area contributed by atoms with Crippen LogP contribution in [0.1, 0.15) is 6.92 Å². The Hall–Kier alpha value is -0.290. The Morgan fingerprint density at radius 2 is 2.09 bits per heavy atom. The van der Waals surface area contributed by atoms with Crippen LogP contribution in [-0.4, -0.2) is 31.6 Å². The average molecular weight is 170 g/mol. The smallest absolute Gasteiger partial charge is 0.375 e. The van der Waals surface area contributed by atoms with E-state index in [0.717, 1.165) is 0 Å². The number of alkyl halides is 3. The summed E-state index contributed by atoms with van der Waals surface area (Å²) in [6.45, 7) is -0.131. The Morgan fingerprint density at radius 3 is 2.36 bits per heavy atom. The van der Waals surface area contributed by atoms with Crippen LogP contribution in [0.15, 0.2) is 0 Å². The topological polar surface area (TPSA) is 18.5 Å². The minimum atomic E-state index is -3.67. The predicted octanol–water partition coefficient (Wildman–Crippen LogP) is 1.35. The molecule has 0 aromatic carbocycles. The molecule has 0 aromatic rings. The van der Waals surface area contributed by atoms with Crippen molar-refractivity contribution >= 4 is 0 Å². The van der Waals surface area contributed by atoms with Crippen LogP contribution in [0.5, 0.6) is 0 Å². The Balaban J connectivity index is 2.40. The van der Waals surface area contributed by atoms with E-state index in [-0.39, 0.29) is 13.2 Å². The number of halogens is 3. The lowest BCUT2D eigenvalue weighted by atomic mass is 10.1. The summed E-state index contributed by atoms with van der Waals surface area (Å²) < 4.78 is 44.8. The molecule has 0 atom stereocenters. The van der Waals surface area contributed by atoms with Gasteiger partial charge in [0.1, 0.15) is 5.60 Å². The second-order valence-corrected chi connectivity index (χ2v) is 2.82. The molecule has 2 nitrogen and oxygen atoms in total. The van der Waals surface area contributed by atoms with Crippen molar-refractivity contribution in [1.82, 2.24) is 0 Å². The standard InChI is InChI=1S/C6H9F3O2/c1-5(3-10-4-5)11-6(8,9)2-7/h2-4H2,1H3. The van der Waals surface area contributed by atoms with Crippen molar-refractivity contribution in [2.24, 2.45) is 0 Å². The molecular formula is C6H9F3O2. The van der Waals surface area contributed by atoms with Gasteiger partial charge in [0.05, 0.1) is 13.2 Å². The van der Waals surface area contributed by atoms with Crippen LogP contribution >= 0.6 is 0 Å². The van der Waals surface area contributed by atoms with E-state index in [4.69, 9.17) is 0 Å². The first-order valence-electron chi connectivity index (χ1n) is 3.19. The van der Waals surface area contributed by atoms with E-state index in [1.54, 1.807) is 0 Å². The first-order chi connectivity index (χ1) is 4.97. The first kappa shape index (κ1) is 8.80. The zero-order chi connectivity index (χ0) is 8.54. The van der Waals surface area contributed by atoms with E-state index in [1.165, 1.54) is 6.92 Å². The molecule has 1 saturated heterocycles. The number of rotatable bonds is 3. The van der Waals surface area contributed by atoms with E-state index in [0.29, 0.717) is 0 Å². The minimum absolute atomic E-state index is 0.0998. The molecule has 0 spiro atoms. The monoisotopic (exact) mass is 170 g/mol. The van der Waals surface area contributed by atoms with Gasteiger partial charge in [0.2, 0.25) is 0 Å². The van der Waals surface area contributed by atoms with Gasteiger partial charge in [-0.25, -0.2) is 4.39 Å². The Labute approximate surface area is 62.3 Å². The summed E-state index contributed by atoms with van der Waals surface area (Å²) in [4.78, 5) is 0. The van der Waals surface area contributed by atoms with Gasteiger partial charge >= 0.3 is 6.11 Å². The minimum Gasteiger partial charge on any atom is -0.375 e. The van der Waals surface area contributed by atoms with Gasteiger partial charge in [-0.1, -0.05) is 0 Å². The summed E-state index contributed by atoms with van der Waals surface area (Å²) in [6, 6.07) is 0. The van der Waals surface area contributed by atoms with Crippen LogP contribution in [0, 0.1) is 0 Å². The quantitative estimate of drug-likeness (QED) is 0.636. The molecule has 1 fully saturated rings. The van der Waals surface area contributed by atoms with Gasteiger partial charge in [0.15, 0.2) is 6.67 Å². The lowest BCUT2D eigenvalue weighted by molar-refractivity contribution is -0.342. The number of ether oxygens (including phenoxy) is 2. The maximum absolute atomic E-state index is 12.2. The Kier molecular flexibility index (Phi) is 2.11. The molecule has 1 heterocycles. The zero-order valence-electron chi connectivity index (χ0n) is 6.07. The van der Waals surface area contributed by atoms with Crippen molar-refractivity contribution in [2.45, 2.75) is 18.6 Å². The molecule has 0 aromatic heterocycles. The van der Waals surface area contributed by atoms with Crippen molar-refractivity contribution < 1.29 is 22.6 Å². The third-order valence-corrected chi connectivity index (χ3v) is 1.37. The predicted molar refractivity (Wildman–Crippen MR) is 31.2 cm³/mol. The summed E-state index contributed by atoms with van der Waals surface area (Å²) in [7, 11) is 0. The lowest BCUT2D eigenvalue weighted by Crippen LogP contribution is -2.53. The highest BCUT2D eigenvalue weighted by molar-refractivity contribution is 4.83. The second-order valence-electron chi connectivity index (χ2n) is 2.82. The van der Waals surface area contributed by atoms with Crippen LogP contribution in [-0.2, 0) is 9.47 Å². The van der Waals surface area contributed by atoms with Crippen molar-refractivity contribution in [3.63, 3.8) is 0 Å². The molecule has 0 amide bonds. The first-order valence-corrected chi connectivity index (χ1v) is 3.19. The summed E-state index contributed by atoms with van der Waals surface area (Å²) in [6.07, 6.45) is -3.67. The molecule has 0 saturated carbocycles. The fourth-order valence-corrected chi connectivity index (χ4v) is 0.836. The molecule has 0 aliphatic carbocycles. The maximum atomic E-state index is 12.2. The third-order valence-electron chi connectivity index (χ3n) is 1.37. The molecule has 0 radical (unpaired) electrons. The highest BCUT2D eigenvalue weighted by Crippen LogP contribution is 2.29. The number of hydrogen-bond acceptors (Lipinski definition) is 2. The van der Waals surface area contributed by atoms with Gasteiger partial charge in [-0.15, -0.1) is 0 Å². The molecule has 0 bridgehead atoms. The van der Waals surface area contributed by atoms with Crippen LogP contribution < -0.4 is 0 Å². The van der Waals surface area contributed by atoms with Crippen molar-refractivity contribution in [3.05, 3.63) is 0 Å². The molecule has 0 unspecified atom stereocenters. The third kappa shape index (κ3) is 2.07. The van der Waals surface area contributed by atoms with Crippen LogP contribution in [0.3, 0.4) is 0 Å². The average Bonchev–Trinajstić information content (AvgIpc) is 1.84. The van der Waals surface area contributed by atoms with E-state index in [2.05, 4.69) is 9.47 Å². The maximum Gasteiger partial charge on any atom is 0.384 e. The zero-order valence-corrected chi connectivity index (χ0v) is 6.07. The molecule has 1 rings (SSSR count). The van der Waals surface area contributed by atoms with E-state index in [9.17, 15) is 13.2 Å². The van der Waals surface area contributed by atoms with Gasteiger partial charge in [0, 0.05) is 0 Å². The summed E-state index contributed by atoms with van der Waals surface area (Å²) >= 11 is 0. The van der Waals surface area contributed by atoms with Crippen molar-refractivity contribution in [2.75, 3.05) is 19.9 Å². The van der Waals surface area contributed by atoms with Gasteiger partial charge in [-0.3, -0.25) is 0 Å². The van der Waals surface area contributed by atoms with Gasteiger partial charge in [-0.2, -0.15) is 8.78 Å². The van der Waals surface area contributed by atoms with Gasteiger partial charge in [0.25, 0.3) is 0 Å². The Bertz CT molecular complexity index is 135. The largest absolute Gasteiger partial charge is 0.384 e. The van der Waals surface area contributed by atoms with E-state index < -0.39 is 18.4 Å². The highest BCUT2D eigenvalue weighted by Gasteiger charge is 2.44. The molecule has 1 aliphatic rings. The van der Waals surface area contributed by atoms with Crippen LogP contribution in [0.4, 0.5) is 13.2 Å². The molecule has 0 N–H and O–H groups in total. The molecule has 66 valence electrons. The number of hydrogen-bond donors (Lipinski definition) is 0. The van der Waals surface area contributed by atoms with E-state index in [1.807, 2.05) is 0 Å². The van der Waals surface area contributed by atoms with Gasteiger partial charge in [-0.05, 0) is 6.92 Å². The normalized spacial score (nSPS) is 22.9. The fourth-order valence-electron chi connectivity index (χ4n) is 0.836.